The lowest BCUT2D eigenvalue weighted by Gasteiger charge is -2.25. The SMILES string of the molecule is CC(NC1CCCC1n1ccnc1)c1cc(Br)cs1. The number of hydrogen-bond donors (Lipinski definition) is 1. The van der Waals surface area contributed by atoms with E-state index in [0.717, 1.165) is 0 Å². The Labute approximate surface area is 126 Å². The van der Waals surface area contributed by atoms with Gasteiger partial charge in [-0.1, -0.05) is 0 Å². The normalized spacial score (nSPS) is 24.7. The number of imidazole rings is 1. The van der Waals surface area contributed by atoms with Gasteiger partial charge >= 0.3 is 0 Å². The summed E-state index contributed by atoms with van der Waals surface area (Å²) in [6.07, 6.45) is 9.68. The maximum absolute atomic E-state index is 4.17. The van der Waals surface area contributed by atoms with Crippen LogP contribution in [0.15, 0.2) is 34.6 Å². The first-order chi connectivity index (χ1) is 9.24. The first kappa shape index (κ1) is 13.3. The van der Waals surface area contributed by atoms with Gasteiger partial charge in [0.15, 0.2) is 0 Å². The van der Waals surface area contributed by atoms with Crippen LogP contribution >= 0.6 is 27.3 Å². The summed E-state index contributed by atoms with van der Waals surface area (Å²) < 4.78 is 3.43. The molecule has 0 spiro atoms. The molecule has 5 heteroatoms. The second-order valence-electron chi connectivity index (χ2n) is 5.17. The zero-order valence-corrected chi connectivity index (χ0v) is 13.3. The molecule has 2 aromatic rings. The van der Waals surface area contributed by atoms with Crippen LogP contribution in [0.2, 0.25) is 0 Å². The van der Waals surface area contributed by atoms with Gasteiger partial charge in [-0.15, -0.1) is 11.3 Å². The van der Waals surface area contributed by atoms with Crippen LogP contribution < -0.4 is 5.32 Å². The standard InChI is InChI=1S/C14H18BrN3S/c1-10(14-7-11(15)8-19-14)17-12-3-2-4-13(12)18-6-5-16-9-18/h5-10,12-13,17H,2-4H2,1H3. The first-order valence-corrected chi connectivity index (χ1v) is 8.39. The Kier molecular flexibility index (Phi) is 4.05. The van der Waals surface area contributed by atoms with E-state index in [1.807, 2.05) is 23.9 Å². The summed E-state index contributed by atoms with van der Waals surface area (Å²) in [5.41, 5.74) is 0. The summed E-state index contributed by atoms with van der Waals surface area (Å²) in [5, 5.41) is 5.94. The molecule has 3 atom stereocenters. The Morgan fingerprint density at radius 3 is 3.11 bits per heavy atom. The van der Waals surface area contributed by atoms with Crippen molar-refractivity contribution in [1.29, 1.82) is 0 Å². The number of rotatable bonds is 4. The molecule has 1 N–H and O–H groups in total. The molecule has 3 rings (SSSR count). The second kappa shape index (κ2) is 5.77. The third-order valence-corrected chi connectivity index (χ3v) is 5.74. The molecule has 102 valence electrons. The van der Waals surface area contributed by atoms with Gasteiger partial charge < -0.3 is 9.88 Å². The van der Waals surface area contributed by atoms with E-state index in [0.29, 0.717) is 18.1 Å². The molecule has 1 aliphatic carbocycles. The van der Waals surface area contributed by atoms with Crippen molar-refractivity contribution >= 4 is 27.3 Å². The number of hydrogen-bond acceptors (Lipinski definition) is 3. The molecule has 0 aromatic carbocycles. The minimum absolute atomic E-state index is 0.408. The Balaban J connectivity index is 1.68. The number of thiophene rings is 1. The van der Waals surface area contributed by atoms with Crippen LogP contribution in [0.5, 0.6) is 0 Å². The maximum atomic E-state index is 4.17. The van der Waals surface area contributed by atoms with Gasteiger partial charge in [0.2, 0.25) is 0 Å². The fourth-order valence-corrected chi connectivity index (χ4v) is 4.38. The van der Waals surface area contributed by atoms with E-state index in [1.54, 1.807) is 0 Å². The predicted molar refractivity (Wildman–Crippen MR) is 82.5 cm³/mol. The van der Waals surface area contributed by atoms with E-state index < -0.39 is 0 Å². The lowest BCUT2D eigenvalue weighted by Crippen LogP contribution is -2.35. The average molecular weight is 340 g/mol. The summed E-state index contributed by atoms with van der Waals surface area (Å²) in [4.78, 5) is 5.56. The predicted octanol–water partition coefficient (Wildman–Crippen LogP) is 4.15. The average Bonchev–Trinajstić information content (AvgIpc) is 3.07. The lowest BCUT2D eigenvalue weighted by atomic mass is 10.1. The number of nitrogens with one attached hydrogen (secondary N) is 1. The molecule has 2 aromatic heterocycles. The molecular weight excluding hydrogens is 322 g/mol. The van der Waals surface area contributed by atoms with Gasteiger partial charge in [-0.2, -0.15) is 0 Å². The van der Waals surface area contributed by atoms with Gasteiger partial charge in [-0.25, -0.2) is 4.98 Å². The molecular formula is C14H18BrN3S. The number of halogens is 1. The minimum Gasteiger partial charge on any atom is -0.333 e. The maximum Gasteiger partial charge on any atom is 0.0949 e. The lowest BCUT2D eigenvalue weighted by molar-refractivity contribution is 0.364. The van der Waals surface area contributed by atoms with Crippen LogP contribution in [0.4, 0.5) is 0 Å². The smallest absolute Gasteiger partial charge is 0.0949 e. The van der Waals surface area contributed by atoms with Crippen molar-refractivity contribution in [2.24, 2.45) is 0 Å². The van der Waals surface area contributed by atoms with Crippen molar-refractivity contribution in [2.45, 2.75) is 44.3 Å². The molecule has 0 bridgehead atoms. The Morgan fingerprint density at radius 1 is 1.53 bits per heavy atom. The molecule has 2 heterocycles. The molecule has 19 heavy (non-hydrogen) atoms. The molecule has 1 saturated carbocycles. The van der Waals surface area contributed by atoms with Crippen molar-refractivity contribution in [3.63, 3.8) is 0 Å². The molecule has 3 unspecified atom stereocenters. The van der Waals surface area contributed by atoms with E-state index in [4.69, 9.17) is 0 Å². The zero-order chi connectivity index (χ0) is 13.2. The summed E-state index contributed by atoms with van der Waals surface area (Å²) in [6, 6.07) is 3.72. The van der Waals surface area contributed by atoms with Gasteiger partial charge in [-0.05, 0) is 48.2 Å². The summed E-state index contributed by atoms with van der Waals surface area (Å²) >= 11 is 5.34. The van der Waals surface area contributed by atoms with Crippen molar-refractivity contribution < 1.29 is 0 Å². The quantitative estimate of drug-likeness (QED) is 0.906. The summed E-state index contributed by atoms with van der Waals surface area (Å²) in [5.74, 6) is 0. The zero-order valence-electron chi connectivity index (χ0n) is 10.9. The highest BCUT2D eigenvalue weighted by Crippen LogP contribution is 2.33. The molecule has 3 nitrogen and oxygen atoms in total. The van der Waals surface area contributed by atoms with E-state index in [9.17, 15) is 0 Å². The second-order valence-corrected chi connectivity index (χ2v) is 7.03. The molecule has 0 amide bonds. The summed E-state index contributed by atoms with van der Waals surface area (Å²) in [7, 11) is 0. The van der Waals surface area contributed by atoms with E-state index in [-0.39, 0.29) is 0 Å². The fraction of sp³-hybridized carbons (Fsp3) is 0.500. The van der Waals surface area contributed by atoms with Crippen LogP contribution in [-0.4, -0.2) is 15.6 Å². The van der Waals surface area contributed by atoms with Crippen LogP contribution in [0.1, 0.15) is 43.1 Å². The topological polar surface area (TPSA) is 29.9 Å². The van der Waals surface area contributed by atoms with E-state index >= 15 is 0 Å². The Bertz CT molecular complexity index is 523. The van der Waals surface area contributed by atoms with Gasteiger partial charge in [0, 0.05) is 45.2 Å². The van der Waals surface area contributed by atoms with Gasteiger partial charge in [0.25, 0.3) is 0 Å². The Morgan fingerprint density at radius 2 is 2.42 bits per heavy atom. The van der Waals surface area contributed by atoms with Crippen molar-refractivity contribution in [3.05, 3.63) is 39.5 Å². The monoisotopic (exact) mass is 339 g/mol. The van der Waals surface area contributed by atoms with Gasteiger partial charge in [0.1, 0.15) is 0 Å². The van der Waals surface area contributed by atoms with Crippen LogP contribution in [0.25, 0.3) is 0 Å². The molecule has 1 fully saturated rings. The van der Waals surface area contributed by atoms with Crippen LogP contribution in [0, 0.1) is 0 Å². The summed E-state index contributed by atoms with van der Waals surface area (Å²) in [6.45, 7) is 2.25. The van der Waals surface area contributed by atoms with Gasteiger partial charge in [-0.3, -0.25) is 0 Å². The highest BCUT2D eigenvalue weighted by Gasteiger charge is 2.29. The largest absolute Gasteiger partial charge is 0.333 e. The molecule has 1 aliphatic rings. The molecule has 0 radical (unpaired) electrons. The number of aromatic nitrogens is 2. The highest BCUT2D eigenvalue weighted by atomic mass is 79.9. The van der Waals surface area contributed by atoms with Gasteiger partial charge in [0.05, 0.1) is 6.33 Å². The first-order valence-electron chi connectivity index (χ1n) is 6.71. The molecule has 0 saturated heterocycles. The third-order valence-electron chi connectivity index (χ3n) is 3.87. The fourth-order valence-electron chi connectivity index (χ4n) is 2.92. The Hall–Kier alpha value is -0.650. The third kappa shape index (κ3) is 2.93. The van der Waals surface area contributed by atoms with Crippen molar-refractivity contribution in [3.8, 4) is 0 Å². The molecule has 0 aliphatic heterocycles. The van der Waals surface area contributed by atoms with Crippen LogP contribution in [0.3, 0.4) is 0 Å². The van der Waals surface area contributed by atoms with Crippen molar-refractivity contribution in [2.75, 3.05) is 0 Å². The van der Waals surface area contributed by atoms with E-state index in [2.05, 4.69) is 55.4 Å². The van der Waals surface area contributed by atoms with E-state index in [1.165, 1.54) is 28.6 Å². The minimum atomic E-state index is 0.408. The van der Waals surface area contributed by atoms with Crippen molar-refractivity contribution in [1.82, 2.24) is 14.9 Å². The highest BCUT2D eigenvalue weighted by molar-refractivity contribution is 9.10. The number of nitrogens with zero attached hydrogens (tertiary/aromatic N) is 2. The van der Waals surface area contributed by atoms with Crippen LogP contribution in [-0.2, 0) is 0 Å².